The molecule has 42 heavy (non-hydrogen) atoms. The van der Waals surface area contributed by atoms with E-state index in [1.165, 1.54) is 42.4 Å². The smallest absolute Gasteiger partial charge is 0.382 e. The Morgan fingerprint density at radius 3 is 2.55 bits per heavy atom. The molecule has 2 aromatic rings. The summed E-state index contributed by atoms with van der Waals surface area (Å²) in [6, 6.07) is -0.775. The predicted octanol–water partition coefficient (Wildman–Crippen LogP) is 3.50. The Morgan fingerprint density at radius 1 is 1.21 bits per heavy atom. The Morgan fingerprint density at radius 2 is 1.93 bits per heavy atom. The third kappa shape index (κ3) is 7.14. The van der Waals surface area contributed by atoms with E-state index in [1.807, 2.05) is 5.32 Å². The molecule has 1 saturated carbocycles. The zero-order valence-electron chi connectivity index (χ0n) is 23.0. The second-order valence-corrected chi connectivity index (χ2v) is 10.3. The van der Waals surface area contributed by atoms with Crippen molar-refractivity contribution in [1.29, 1.82) is 0 Å². The quantitative estimate of drug-likeness (QED) is 0.358. The number of aryl methyl sites for hydroxylation is 1. The van der Waals surface area contributed by atoms with Crippen LogP contribution >= 0.6 is 0 Å². The molecule has 0 bridgehead atoms. The number of hydrogen-bond acceptors (Lipinski definition) is 6. The fourth-order valence-corrected chi connectivity index (χ4v) is 5.25. The van der Waals surface area contributed by atoms with Gasteiger partial charge in [-0.3, -0.25) is 14.3 Å². The summed E-state index contributed by atoms with van der Waals surface area (Å²) in [6.07, 6.45) is -2.80. The number of halogens is 5. The van der Waals surface area contributed by atoms with Crippen LogP contribution in [0.2, 0.25) is 0 Å². The molecule has 1 aliphatic heterocycles. The van der Waals surface area contributed by atoms with Gasteiger partial charge in [0.15, 0.2) is 0 Å². The molecule has 1 aliphatic carbocycles. The number of methoxy groups -OCH3 is 1. The first-order chi connectivity index (χ1) is 19.8. The summed E-state index contributed by atoms with van der Waals surface area (Å²) < 4.78 is 74.1. The van der Waals surface area contributed by atoms with E-state index in [1.54, 1.807) is 6.92 Å². The first-order valence-electron chi connectivity index (χ1n) is 13.4. The van der Waals surface area contributed by atoms with Crippen LogP contribution < -0.4 is 16.0 Å². The first-order valence-corrected chi connectivity index (χ1v) is 13.4. The Bertz CT molecular complexity index is 1280. The summed E-state index contributed by atoms with van der Waals surface area (Å²) in [6.45, 7) is 1.38. The number of ether oxygens (including phenoxy) is 1. The number of aromatic nitrogens is 3. The van der Waals surface area contributed by atoms with Gasteiger partial charge in [-0.1, -0.05) is 0 Å². The topological polar surface area (TPSA) is 130 Å². The highest BCUT2D eigenvalue weighted by Gasteiger charge is 2.48. The van der Waals surface area contributed by atoms with Gasteiger partial charge in [0, 0.05) is 38.9 Å². The van der Waals surface area contributed by atoms with E-state index in [0.29, 0.717) is 12.1 Å². The number of carbonyl (C=O) groups excluding carboxylic acids is 3. The molecule has 3 atom stereocenters. The molecule has 4 rings (SSSR count). The van der Waals surface area contributed by atoms with Crippen molar-refractivity contribution >= 4 is 23.7 Å². The highest BCUT2D eigenvalue weighted by atomic mass is 19.4. The molecule has 16 heteroatoms. The monoisotopic (exact) mass is 601 g/mol. The molecule has 11 nitrogen and oxygen atoms in total. The van der Waals surface area contributed by atoms with E-state index in [4.69, 9.17) is 4.74 Å². The maximum Gasteiger partial charge on any atom is 0.410 e. The van der Waals surface area contributed by atoms with Crippen LogP contribution in [0.25, 0.3) is 0 Å². The van der Waals surface area contributed by atoms with E-state index >= 15 is 0 Å². The summed E-state index contributed by atoms with van der Waals surface area (Å²) in [5.74, 6) is -4.77. The Labute approximate surface area is 238 Å². The van der Waals surface area contributed by atoms with Crippen LogP contribution in [-0.2, 0) is 16.1 Å². The summed E-state index contributed by atoms with van der Waals surface area (Å²) in [4.78, 5) is 44.1. The highest BCUT2D eigenvalue weighted by molar-refractivity contribution is 6.00. The average Bonchev–Trinajstić information content (AvgIpc) is 3.57. The number of alkyl halides is 5. The van der Waals surface area contributed by atoms with Crippen LogP contribution in [0.1, 0.15) is 54.7 Å². The van der Waals surface area contributed by atoms with Gasteiger partial charge in [-0.05, 0) is 49.4 Å². The Hall–Kier alpha value is -3.82. The standard InChI is InChI=1S/C26H32F5N7O4/c1-3-38-17(7-11-33-38)22(39)36-21(15-4-8-25(27,28)9-5-15)23(40)35-20-12-16(6-10-32-20)18(14-42-2)37-13-19(26(29,30)31)34-24(37)41/h6-7,10-12,15,18-19,21H,3-5,8-9,13-14H2,1-2H3,(H,34,41)(H,36,39)(H,32,35,40)/t18-,19+,21+/m1/s1. The zero-order valence-corrected chi connectivity index (χ0v) is 23.0. The number of nitrogens with zero attached hydrogens (tertiary/aromatic N) is 4. The second-order valence-electron chi connectivity index (χ2n) is 10.3. The Balaban J connectivity index is 1.55. The van der Waals surface area contributed by atoms with Crippen LogP contribution in [0.4, 0.5) is 32.6 Å². The molecule has 2 aromatic heterocycles. The van der Waals surface area contributed by atoms with Crippen LogP contribution in [-0.4, -0.2) is 82.0 Å². The van der Waals surface area contributed by atoms with E-state index in [2.05, 4.69) is 20.7 Å². The van der Waals surface area contributed by atoms with E-state index in [9.17, 15) is 36.3 Å². The molecule has 3 heterocycles. The van der Waals surface area contributed by atoms with E-state index < -0.39 is 73.4 Å². The van der Waals surface area contributed by atoms with Gasteiger partial charge in [0.05, 0.1) is 19.2 Å². The highest BCUT2D eigenvalue weighted by Crippen LogP contribution is 2.38. The minimum absolute atomic E-state index is 0.00771. The van der Waals surface area contributed by atoms with Crippen molar-refractivity contribution in [2.24, 2.45) is 5.92 Å². The number of amides is 4. The van der Waals surface area contributed by atoms with E-state index in [0.717, 1.165) is 4.90 Å². The van der Waals surface area contributed by atoms with Crippen LogP contribution in [0.3, 0.4) is 0 Å². The number of hydrogen-bond donors (Lipinski definition) is 3. The minimum atomic E-state index is -4.64. The summed E-state index contributed by atoms with van der Waals surface area (Å²) in [5.41, 5.74) is 0.532. The third-order valence-electron chi connectivity index (χ3n) is 7.50. The van der Waals surface area contributed by atoms with Crippen molar-refractivity contribution < 1.29 is 41.1 Å². The fraction of sp³-hybridized carbons (Fsp3) is 0.577. The van der Waals surface area contributed by atoms with Gasteiger partial charge in [0.25, 0.3) is 5.91 Å². The number of urea groups is 1. The Kier molecular flexibility index (Phi) is 9.33. The van der Waals surface area contributed by atoms with Crippen LogP contribution in [0, 0.1) is 5.92 Å². The zero-order chi connectivity index (χ0) is 30.7. The van der Waals surface area contributed by atoms with Gasteiger partial charge in [-0.25, -0.2) is 18.6 Å². The molecule has 1 saturated heterocycles. The molecule has 2 aliphatic rings. The first kappa shape index (κ1) is 31.1. The number of pyridine rings is 1. The molecule has 4 amide bonds. The van der Waals surface area contributed by atoms with Crippen molar-refractivity contribution in [2.45, 2.75) is 69.4 Å². The molecular formula is C26H32F5N7O4. The van der Waals surface area contributed by atoms with Gasteiger partial charge in [-0.15, -0.1) is 0 Å². The largest absolute Gasteiger partial charge is 0.410 e. The van der Waals surface area contributed by atoms with E-state index in [-0.39, 0.29) is 31.0 Å². The molecule has 0 aromatic carbocycles. The second kappa shape index (κ2) is 12.6. The number of rotatable bonds is 10. The van der Waals surface area contributed by atoms with Gasteiger partial charge in [0.2, 0.25) is 11.8 Å². The summed E-state index contributed by atoms with van der Waals surface area (Å²) in [7, 11) is 1.33. The van der Waals surface area contributed by atoms with Crippen molar-refractivity contribution in [3.05, 3.63) is 41.9 Å². The van der Waals surface area contributed by atoms with Crippen molar-refractivity contribution in [1.82, 2.24) is 30.3 Å². The average molecular weight is 602 g/mol. The number of nitrogens with one attached hydrogen (secondary N) is 3. The molecular weight excluding hydrogens is 569 g/mol. The molecule has 0 radical (unpaired) electrons. The van der Waals surface area contributed by atoms with Gasteiger partial charge in [0.1, 0.15) is 23.6 Å². The maximum atomic E-state index is 13.9. The van der Waals surface area contributed by atoms with Gasteiger partial charge < -0.3 is 25.6 Å². The normalized spacial score (nSPS) is 20.6. The van der Waals surface area contributed by atoms with Crippen molar-refractivity contribution in [2.75, 3.05) is 25.6 Å². The third-order valence-corrected chi connectivity index (χ3v) is 7.50. The lowest BCUT2D eigenvalue weighted by atomic mass is 9.81. The lowest BCUT2D eigenvalue weighted by Crippen LogP contribution is -2.50. The number of carbonyl (C=O) groups is 3. The van der Waals surface area contributed by atoms with Crippen LogP contribution in [0.15, 0.2) is 30.6 Å². The minimum Gasteiger partial charge on any atom is -0.382 e. The van der Waals surface area contributed by atoms with Crippen LogP contribution in [0.5, 0.6) is 0 Å². The molecule has 2 fully saturated rings. The van der Waals surface area contributed by atoms with Crippen molar-refractivity contribution in [3.63, 3.8) is 0 Å². The molecule has 230 valence electrons. The lowest BCUT2D eigenvalue weighted by Gasteiger charge is -2.33. The summed E-state index contributed by atoms with van der Waals surface area (Å²) >= 11 is 0. The predicted molar refractivity (Wildman–Crippen MR) is 139 cm³/mol. The lowest BCUT2D eigenvalue weighted by molar-refractivity contribution is -0.150. The SMILES string of the molecule is CCn1nccc1C(=O)N[C@H](C(=O)Nc1cc([C@@H](COC)N2C[C@@H](C(F)(F)F)NC2=O)ccn1)C1CCC(F)(F)CC1. The number of anilines is 1. The molecule has 0 unspecified atom stereocenters. The van der Waals surface area contributed by atoms with Gasteiger partial charge >= 0.3 is 12.2 Å². The molecule has 3 N–H and O–H groups in total. The summed E-state index contributed by atoms with van der Waals surface area (Å²) in [5, 5.41) is 11.2. The van der Waals surface area contributed by atoms with Crippen molar-refractivity contribution in [3.8, 4) is 0 Å². The molecule has 0 spiro atoms. The fourth-order valence-electron chi connectivity index (χ4n) is 5.25. The van der Waals surface area contributed by atoms with Gasteiger partial charge in [-0.2, -0.15) is 18.3 Å². The maximum absolute atomic E-state index is 13.9.